The molecule has 5 heteroatoms. The minimum atomic E-state index is -0.546. The topological polar surface area (TPSA) is 68.4 Å². The van der Waals surface area contributed by atoms with Crippen LogP contribution in [0.15, 0.2) is 73.1 Å². The molecule has 3 aromatic rings. The smallest absolute Gasteiger partial charge is 0.225 e. The van der Waals surface area contributed by atoms with Crippen LogP contribution in [0.2, 0.25) is 0 Å². The fourth-order valence-corrected chi connectivity index (χ4v) is 4.35. The molecule has 1 fully saturated rings. The van der Waals surface area contributed by atoms with Gasteiger partial charge in [0.1, 0.15) is 5.75 Å². The molecule has 2 N–H and O–H groups in total. The van der Waals surface area contributed by atoms with E-state index in [4.69, 9.17) is 10.5 Å². The molecular formula is C25H27N3O2. The van der Waals surface area contributed by atoms with E-state index in [1.165, 1.54) is 5.56 Å². The maximum atomic E-state index is 12.5. The molecule has 5 nitrogen and oxygen atoms in total. The summed E-state index contributed by atoms with van der Waals surface area (Å²) in [6.45, 7) is 2.30. The molecule has 30 heavy (non-hydrogen) atoms. The number of pyridine rings is 1. The third-order valence-electron chi connectivity index (χ3n) is 5.98. The summed E-state index contributed by atoms with van der Waals surface area (Å²) in [6, 6.07) is 20.4. The quantitative estimate of drug-likeness (QED) is 0.656. The first kappa shape index (κ1) is 20.1. The summed E-state index contributed by atoms with van der Waals surface area (Å²) in [7, 11) is 1.67. The molecule has 1 unspecified atom stereocenters. The normalized spacial score (nSPS) is 19.0. The van der Waals surface area contributed by atoms with E-state index in [1.54, 1.807) is 19.5 Å². The highest BCUT2D eigenvalue weighted by atomic mass is 16.5. The van der Waals surface area contributed by atoms with E-state index < -0.39 is 5.41 Å². The van der Waals surface area contributed by atoms with Crippen molar-refractivity contribution in [2.24, 2.45) is 11.1 Å². The molecule has 1 aromatic heterocycles. The molecule has 1 atom stereocenters. The van der Waals surface area contributed by atoms with Gasteiger partial charge in [0, 0.05) is 25.5 Å². The molecule has 0 aliphatic carbocycles. The van der Waals surface area contributed by atoms with Crippen LogP contribution in [0.3, 0.4) is 0 Å². The Balaban J connectivity index is 1.51. The van der Waals surface area contributed by atoms with E-state index in [1.807, 2.05) is 36.4 Å². The Morgan fingerprint density at radius 2 is 1.83 bits per heavy atom. The highest BCUT2D eigenvalue weighted by Gasteiger charge is 2.43. The third-order valence-corrected chi connectivity index (χ3v) is 5.98. The van der Waals surface area contributed by atoms with Crippen LogP contribution >= 0.6 is 0 Å². The average Bonchev–Trinajstić information content (AvgIpc) is 3.18. The van der Waals surface area contributed by atoms with Crippen LogP contribution in [0, 0.1) is 5.41 Å². The first-order valence-electron chi connectivity index (χ1n) is 10.2. The SMILES string of the molecule is COc1cccc(CN2CCC(Cc3cccc(-c4ccncc4)c3)(C(N)=O)C2)c1. The predicted octanol–water partition coefficient (Wildman–Crippen LogP) is 3.68. The van der Waals surface area contributed by atoms with Gasteiger partial charge in [0.25, 0.3) is 0 Å². The van der Waals surface area contributed by atoms with Gasteiger partial charge in [-0.2, -0.15) is 0 Å². The summed E-state index contributed by atoms with van der Waals surface area (Å²) in [5.41, 5.74) is 9.94. The number of nitrogens with two attached hydrogens (primary N) is 1. The van der Waals surface area contributed by atoms with E-state index in [-0.39, 0.29) is 5.91 Å². The number of methoxy groups -OCH3 is 1. The maximum absolute atomic E-state index is 12.5. The van der Waals surface area contributed by atoms with Gasteiger partial charge in [-0.05, 0) is 65.9 Å². The Morgan fingerprint density at radius 1 is 1.07 bits per heavy atom. The fraction of sp³-hybridized carbons (Fsp3) is 0.280. The van der Waals surface area contributed by atoms with Gasteiger partial charge in [0.2, 0.25) is 5.91 Å². The minimum Gasteiger partial charge on any atom is -0.497 e. The fourth-order valence-electron chi connectivity index (χ4n) is 4.35. The van der Waals surface area contributed by atoms with Crippen molar-refractivity contribution in [2.45, 2.75) is 19.4 Å². The van der Waals surface area contributed by atoms with Gasteiger partial charge in [0.15, 0.2) is 0 Å². The molecule has 0 saturated carbocycles. The summed E-state index contributed by atoms with van der Waals surface area (Å²) >= 11 is 0. The van der Waals surface area contributed by atoms with Crippen LogP contribution in [-0.2, 0) is 17.8 Å². The first-order chi connectivity index (χ1) is 14.6. The zero-order chi connectivity index (χ0) is 21.0. The second kappa shape index (κ2) is 8.67. The van der Waals surface area contributed by atoms with Gasteiger partial charge in [-0.15, -0.1) is 0 Å². The van der Waals surface area contributed by atoms with E-state index in [2.05, 4.69) is 34.1 Å². The van der Waals surface area contributed by atoms with E-state index in [0.29, 0.717) is 13.0 Å². The number of likely N-dealkylation sites (tertiary alicyclic amines) is 1. The van der Waals surface area contributed by atoms with Crippen LogP contribution in [0.5, 0.6) is 5.75 Å². The van der Waals surface area contributed by atoms with Crippen molar-refractivity contribution in [3.05, 3.63) is 84.2 Å². The lowest BCUT2D eigenvalue weighted by Crippen LogP contribution is -2.41. The molecule has 154 valence electrons. The summed E-state index contributed by atoms with van der Waals surface area (Å²) < 4.78 is 5.33. The predicted molar refractivity (Wildman–Crippen MR) is 118 cm³/mol. The van der Waals surface area contributed by atoms with Gasteiger partial charge >= 0.3 is 0 Å². The molecule has 0 bridgehead atoms. The molecule has 2 aromatic carbocycles. The monoisotopic (exact) mass is 401 g/mol. The molecule has 1 aliphatic heterocycles. The zero-order valence-corrected chi connectivity index (χ0v) is 17.3. The molecular weight excluding hydrogens is 374 g/mol. The molecule has 4 rings (SSSR count). The van der Waals surface area contributed by atoms with E-state index in [0.717, 1.165) is 42.0 Å². The Morgan fingerprint density at radius 3 is 2.60 bits per heavy atom. The Hall–Kier alpha value is -3.18. The highest BCUT2D eigenvalue weighted by Crippen LogP contribution is 2.36. The van der Waals surface area contributed by atoms with Gasteiger partial charge in [-0.1, -0.05) is 36.4 Å². The molecule has 1 amide bonds. The lowest BCUT2D eigenvalue weighted by molar-refractivity contribution is -0.127. The Labute approximate surface area is 177 Å². The van der Waals surface area contributed by atoms with Crippen LogP contribution < -0.4 is 10.5 Å². The summed E-state index contributed by atoms with van der Waals surface area (Å²) in [5, 5.41) is 0. The van der Waals surface area contributed by atoms with Crippen molar-refractivity contribution >= 4 is 5.91 Å². The molecule has 1 aliphatic rings. The second-order valence-corrected chi connectivity index (χ2v) is 8.07. The molecule has 1 saturated heterocycles. The highest BCUT2D eigenvalue weighted by molar-refractivity contribution is 5.82. The zero-order valence-electron chi connectivity index (χ0n) is 17.3. The Bertz CT molecular complexity index is 1020. The lowest BCUT2D eigenvalue weighted by Gasteiger charge is -2.26. The maximum Gasteiger partial charge on any atom is 0.225 e. The van der Waals surface area contributed by atoms with Crippen molar-refractivity contribution in [1.82, 2.24) is 9.88 Å². The molecule has 2 heterocycles. The summed E-state index contributed by atoms with van der Waals surface area (Å²) in [5.74, 6) is 0.630. The first-order valence-corrected chi connectivity index (χ1v) is 10.2. The number of rotatable bonds is 7. The van der Waals surface area contributed by atoms with Crippen LogP contribution in [-0.4, -0.2) is 36.0 Å². The number of amides is 1. The number of ether oxygens (including phenoxy) is 1. The van der Waals surface area contributed by atoms with Gasteiger partial charge in [0.05, 0.1) is 12.5 Å². The number of hydrogen-bond acceptors (Lipinski definition) is 4. The number of primary amides is 1. The largest absolute Gasteiger partial charge is 0.497 e. The van der Waals surface area contributed by atoms with E-state index >= 15 is 0 Å². The van der Waals surface area contributed by atoms with Crippen LogP contribution in [0.25, 0.3) is 11.1 Å². The number of carbonyl (C=O) groups is 1. The molecule has 0 spiro atoms. The van der Waals surface area contributed by atoms with Crippen molar-refractivity contribution in [1.29, 1.82) is 0 Å². The summed E-state index contributed by atoms with van der Waals surface area (Å²) in [4.78, 5) is 18.9. The minimum absolute atomic E-state index is 0.218. The average molecular weight is 402 g/mol. The third kappa shape index (κ3) is 4.36. The van der Waals surface area contributed by atoms with Crippen molar-refractivity contribution in [3.63, 3.8) is 0 Å². The van der Waals surface area contributed by atoms with Crippen LogP contribution in [0.1, 0.15) is 17.5 Å². The number of carbonyl (C=O) groups excluding carboxylic acids is 1. The van der Waals surface area contributed by atoms with Gasteiger partial charge < -0.3 is 10.5 Å². The van der Waals surface area contributed by atoms with Crippen LogP contribution in [0.4, 0.5) is 0 Å². The van der Waals surface area contributed by atoms with Gasteiger partial charge in [-0.3, -0.25) is 14.7 Å². The van der Waals surface area contributed by atoms with Gasteiger partial charge in [-0.25, -0.2) is 0 Å². The number of hydrogen-bond donors (Lipinski definition) is 1. The Kier molecular flexibility index (Phi) is 5.81. The summed E-state index contributed by atoms with van der Waals surface area (Å²) in [6.07, 6.45) is 5.00. The number of nitrogens with zero attached hydrogens (tertiary/aromatic N) is 2. The number of benzene rings is 2. The van der Waals surface area contributed by atoms with E-state index in [9.17, 15) is 4.79 Å². The lowest BCUT2D eigenvalue weighted by atomic mass is 9.79. The molecule has 0 radical (unpaired) electrons. The second-order valence-electron chi connectivity index (χ2n) is 8.07. The van der Waals surface area contributed by atoms with Crippen molar-refractivity contribution < 1.29 is 9.53 Å². The standard InChI is InChI=1S/C25H27N3O2/c1-30-23-7-3-5-20(15-23)17-28-13-10-25(18-28,24(26)29)16-19-4-2-6-22(14-19)21-8-11-27-12-9-21/h2-9,11-12,14-15H,10,13,16-18H2,1H3,(H2,26,29). The van der Waals surface area contributed by atoms with Crippen molar-refractivity contribution in [2.75, 3.05) is 20.2 Å². The number of aromatic nitrogens is 1. The van der Waals surface area contributed by atoms with Crippen molar-refractivity contribution in [3.8, 4) is 16.9 Å².